The molecule has 0 aromatic rings. The molecule has 0 aromatic heterocycles. The molecule has 0 saturated heterocycles. The van der Waals surface area contributed by atoms with Gasteiger partial charge in [-0.2, -0.15) is 0 Å². The van der Waals surface area contributed by atoms with Gasteiger partial charge in [0.15, 0.2) is 0 Å². The van der Waals surface area contributed by atoms with E-state index in [1.54, 1.807) is 0 Å². The molecule has 0 amide bonds. The van der Waals surface area contributed by atoms with Crippen molar-refractivity contribution in [1.29, 1.82) is 0 Å². The molecule has 0 bridgehead atoms. The van der Waals surface area contributed by atoms with Gasteiger partial charge in [0.2, 0.25) is 0 Å². The minimum absolute atomic E-state index is 0.104. The van der Waals surface area contributed by atoms with Crippen LogP contribution < -0.4 is 0 Å². The first-order valence-electron chi connectivity index (χ1n) is 18.2. The molecule has 3 atom stereocenters. The third-order valence-electron chi connectivity index (χ3n) is 9.87. The lowest BCUT2D eigenvalue weighted by Gasteiger charge is -2.41. The van der Waals surface area contributed by atoms with E-state index in [4.69, 9.17) is 5.11 Å². The molecule has 0 fully saturated rings. The first-order chi connectivity index (χ1) is 19.7. The highest BCUT2D eigenvalue weighted by Gasteiger charge is 2.41. The maximum atomic E-state index is 12.7. The molecule has 0 saturated carbocycles. The Morgan fingerprint density at radius 3 is 1.22 bits per heavy atom. The molecule has 0 spiro atoms. The predicted octanol–water partition coefficient (Wildman–Crippen LogP) is 12.2. The lowest BCUT2D eigenvalue weighted by atomic mass is 9.63. The van der Waals surface area contributed by atoms with Crippen LogP contribution in [0.2, 0.25) is 0 Å². The Labute approximate surface area is 256 Å². The van der Waals surface area contributed by atoms with E-state index in [9.17, 15) is 14.7 Å². The van der Waals surface area contributed by atoms with Crippen LogP contribution in [-0.2, 0) is 9.59 Å². The zero-order valence-electron chi connectivity index (χ0n) is 28.3. The summed E-state index contributed by atoms with van der Waals surface area (Å²) in [5.74, 6) is -0.146. The van der Waals surface area contributed by atoms with Gasteiger partial charge in [0, 0.05) is 6.42 Å². The van der Waals surface area contributed by atoms with Crippen LogP contribution in [0.25, 0.3) is 0 Å². The van der Waals surface area contributed by atoms with Crippen molar-refractivity contribution in [2.75, 3.05) is 0 Å². The number of carbonyl (C=O) groups is 2. The summed E-state index contributed by atoms with van der Waals surface area (Å²) in [6, 6.07) is 0. The summed E-state index contributed by atoms with van der Waals surface area (Å²) < 4.78 is 0. The summed E-state index contributed by atoms with van der Waals surface area (Å²) >= 11 is 0. The van der Waals surface area contributed by atoms with Crippen LogP contribution in [0, 0.1) is 23.2 Å². The number of carboxylic acid groups (broad SMARTS) is 2. The highest BCUT2D eigenvalue weighted by atomic mass is 16.4. The summed E-state index contributed by atoms with van der Waals surface area (Å²) in [4.78, 5) is 23.2. The monoisotopic (exact) mass is 581 g/mol. The van der Waals surface area contributed by atoms with Gasteiger partial charge in [-0.25, -0.2) is 0 Å². The van der Waals surface area contributed by atoms with Crippen LogP contribution in [-0.4, -0.2) is 22.2 Å². The Bertz CT molecular complexity index is 598. The van der Waals surface area contributed by atoms with Crippen LogP contribution in [0.5, 0.6) is 0 Å². The van der Waals surface area contributed by atoms with Crippen LogP contribution in [0.1, 0.15) is 202 Å². The van der Waals surface area contributed by atoms with Gasteiger partial charge in [-0.05, 0) is 42.9 Å². The van der Waals surface area contributed by atoms with Crippen LogP contribution in [0.15, 0.2) is 0 Å². The second kappa shape index (κ2) is 26.6. The Hall–Kier alpha value is -1.06. The van der Waals surface area contributed by atoms with E-state index < -0.39 is 11.9 Å². The maximum absolute atomic E-state index is 12.7. The predicted molar refractivity (Wildman–Crippen MR) is 177 cm³/mol. The Balaban J connectivity index is 4.50. The number of unbranched alkanes of at least 4 members (excludes halogenated alkanes) is 15. The van der Waals surface area contributed by atoms with E-state index in [-0.39, 0.29) is 11.3 Å². The van der Waals surface area contributed by atoms with Crippen molar-refractivity contribution < 1.29 is 19.8 Å². The molecule has 4 nitrogen and oxygen atoms in total. The molecule has 4 heteroatoms. The number of carboxylic acids is 2. The van der Waals surface area contributed by atoms with Crippen molar-refractivity contribution in [3.05, 3.63) is 0 Å². The SMILES string of the molecule is CCCCC(CC)CC(C)(CC(CC)CCCC)C(CCCCCCCCCCCCCCCCC(=O)O)C(=O)O. The number of aliphatic carboxylic acids is 2. The summed E-state index contributed by atoms with van der Waals surface area (Å²) in [6.07, 6.45) is 30.0. The largest absolute Gasteiger partial charge is 0.481 e. The number of rotatable bonds is 31. The second-order valence-electron chi connectivity index (χ2n) is 13.7. The molecule has 3 unspecified atom stereocenters. The van der Waals surface area contributed by atoms with Crippen molar-refractivity contribution in [2.45, 2.75) is 202 Å². The molecule has 244 valence electrons. The molecule has 0 aliphatic carbocycles. The van der Waals surface area contributed by atoms with Crippen molar-refractivity contribution in [3.8, 4) is 0 Å². The molecule has 0 aliphatic heterocycles. The summed E-state index contributed by atoms with van der Waals surface area (Å²) in [5, 5.41) is 19.1. The fourth-order valence-electron chi connectivity index (χ4n) is 7.09. The zero-order chi connectivity index (χ0) is 30.8. The second-order valence-corrected chi connectivity index (χ2v) is 13.7. The zero-order valence-corrected chi connectivity index (χ0v) is 28.3. The molecule has 0 rings (SSSR count). The van der Waals surface area contributed by atoms with E-state index in [2.05, 4.69) is 34.6 Å². The van der Waals surface area contributed by atoms with E-state index in [0.29, 0.717) is 18.3 Å². The molecule has 2 N–H and O–H groups in total. The fourth-order valence-corrected chi connectivity index (χ4v) is 7.09. The molecular formula is C37H72O4. The quantitative estimate of drug-likeness (QED) is 0.0800. The van der Waals surface area contributed by atoms with Crippen LogP contribution in [0.3, 0.4) is 0 Å². The minimum atomic E-state index is -0.672. The van der Waals surface area contributed by atoms with Crippen LogP contribution >= 0.6 is 0 Å². The van der Waals surface area contributed by atoms with Gasteiger partial charge in [-0.15, -0.1) is 0 Å². The number of hydrogen-bond acceptors (Lipinski definition) is 2. The van der Waals surface area contributed by atoms with Crippen LogP contribution in [0.4, 0.5) is 0 Å². The van der Waals surface area contributed by atoms with Gasteiger partial charge in [-0.1, -0.05) is 169 Å². The van der Waals surface area contributed by atoms with Gasteiger partial charge in [0.1, 0.15) is 0 Å². The first kappa shape index (κ1) is 39.9. The average Bonchev–Trinajstić information content (AvgIpc) is 2.94. The van der Waals surface area contributed by atoms with E-state index in [1.165, 1.54) is 122 Å². The molecule has 0 heterocycles. The van der Waals surface area contributed by atoms with E-state index in [0.717, 1.165) is 38.5 Å². The fraction of sp³-hybridized carbons (Fsp3) is 0.946. The summed E-state index contributed by atoms with van der Waals surface area (Å²) in [6.45, 7) is 11.5. The Morgan fingerprint density at radius 2 is 0.902 bits per heavy atom. The van der Waals surface area contributed by atoms with E-state index in [1.807, 2.05) is 0 Å². The Morgan fingerprint density at radius 1 is 0.537 bits per heavy atom. The number of hydrogen-bond donors (Lipinski definition) is 2. The minimum Gasteiger partial charge on any atom is -0.481 e. The van der Waals surface area contributed by atoms with Gasteiger partial charge >= 0.3 is 11.9 Å². The first-order valence-corrected chi connectivity index (χ1v) is 18.2. The summed E-state index contributed by atoms with van der Waals surface area (Å²) in [7, 11) is 0. The maximum Gasteiger partial charge on any atom is 0.307 e. The average molecular weight is 581 g/mol. The molecule has 0 radical (unpaired) electrons. The lowest BCUT2D eigenvalue weighted by molar-refractivity contribution is -0.148. The molecule has 0 aromatic carbocycles. The normalized spacial score (nSPS) is 15.3. The molecular weight excluding hydrogens is 508 g/mol. The van der Waals surface area contributed by atoms with Crippen molar-refractivity contribution in [3.63, 3.8) is 0 Å². The molecule has 41 heavy (non-hydrogen) atoms. The standard InChI is InChI=1S/C37H72O4/c1-6-10-26-32(8-3)30-37(5,31-33(9-4)27-11-7-2)34(36(40)41)28-24-22-20-18-16-14-12-13-15-17-19-21-23-25-29-35(38)39/h32-34H,6-31H2,1-5H3,(H,38,39)(H,40,41). The molecule has 0 aliphatic rings. The van der Waals surface area contributed by atoms with E-state index >= 15 is 0 Å². The summed E-state index contributed by atoms with van der Waals surface area (Å²) in [5.41, 5.74) is -0.104. The smallest absolute Gasteiger partial charge is 0.307 e. The highest BCUT2D eigenvalue weighted by Crippen LogP contribution is 2.46. The third kappa shape index (κ3) is 21.3. The van der Waals surface area contributed by atoms with Crippen molar-refractivity contribution >= 4 is 11.9 Å². The lowest BCUT2D eigenvalue weighted by Crippen LogP contribution is -2.37. The van der Waals surface area contributed by atoms with Gasteiger partial charge in [0.05, 0.1) is 5.92 Å². The van der Waals surface area contributed by atoms with Gasteiger partial charge < -0.3 is 10.2 Å². The third-order valence-corrected chi connectivity index (χ3v) is 9.87. The topological polar surface area (TPSA) is 74.6 Å². The van der Waals surface area contributed by atoms with Gasteiger partial charge in [-0.3, -0.25) is 9.59 Å². The Kier molecular flexibility index (Phi) is 25.9. The van der Waals surface area contributed by atoms with Crippen molar-refractivity contribution in [1.82, 2.24) is 0 Å². The highest BCUT2D eigenvalue weighted by molar-refractivity contribution is 5.71. The van der Waals surface area contributed by atoms with Crippen molar-refractivity contribution in [2.24, 2.45) is 23.2 Å². The van der Waals surface area contributed by atoms with Gasteiger partial charge in [0.25, 0.3) is 0 Å².